The maximum atomic E-state index is 12.5. The van der Waals surface area contributed by atoms with Gasteiger partial charge in [-0.3, -0.25) is 4.79 Å². The summed E-state index contributed by atoms with van der Waals surface area (Å²) in [4.78, 5) is 14.7. The van der Waals surface area contributed by atoms with E-state index in [0.29, 0.717) is 25.8 Å². The van der Waals surface area contributed by atoms with Crippen LogP contribution in [0, 0.1) is 11.3 Å². The van der Waals surface area contributed by atoms with Crippen LogP contribution in [0.1, 0.15) is 25.7 Å². The van der Waals surface area contributed by atoms with Gasteiger partial charge in [-0.25, -0.2) is 0 Å². The SMILES string of the molecule is CN(C)C(CNC(=O)C1(CN)CCOCC1)C1CC1.Cl.Cl. The number of ether oxygens (including phenoxy) is 1. The lowest BCUT2D eigenvalue weighted by atomic mass is 9.79. The molecule has 1 saturated heterocycles. The first-order chi connectivity index (χ1) is 9.09. The highest BCUT2D eigenvalue weighted by atomic mass is 35.5. The molecule has 2 rings (SSSR count). The van der Waals surface area contributed by atoms with Crippen molar-refractivity contribution in [3.05, 3.63) is 0 Å². The van der Waals surface area contributed by atoms with Gasteiger partial charge in [0.15, 0.2) is 0 Å². The molecular weight excluding hydrogens is 313 g/mol. The Morgan fingerprint density at radius 2 is 1.90 bits per heavy atom. The maximum absolute atomic E-state index is 12.5. The molecule has 0 aromatic carbocycles. The van der Waals surface area contributed by atoms with Crippen molar-refractivity contribution in [1.29, 1.82) is 0 Å². The standard InChI is InChI=1S/C14H27N3O2.2ClH/c1-17(2)12(11-3-4-11)9-16-13(18)14(10-15)5-7-19-8-6-14;;/h11-12H,3-10,15H2,1-2H3,(H,16,18);2*1H. The summed E-state index contributed by atoms with van der Waals surface area (Å²) in [5, 5.41) is 3.13. The van der Waals surface area contributed by atoms with Crippen molar-refractivity contribution in [2.75, 3.05) is 40.4 Å². The van der Waals surface area contributed by atoms with Crippen LogP contribution in [0.25, 0.3) is 0 Å². The van der Waals surface area contributed by atoms with Crippen LogP contribution < -0.4 is 11.1 Å². The van der Waals surface area contributed by atoms with E-state index in [0.717, 1.165) is 25.3 Å². The lowest BCUT2D eigenvalue weighted by Gasteiger charge is -2.35. The first-order valence-electron chi connectivity index (χ1n) is 7.31. The summed E-state index contributed by atoms with van der Waals surface area (Å²) in [6, 6.07) is 0.457. The molecule has 0 radical (unpaired) electrons. The van der Waals surface area contributed by atoms with Gasteiger partial charge < -0.3 is 20.7 Å². The van der Waals surface area contributed by atoms with Gasteiger partial charge in [0.25, 0.3) is 0 Å². The number of amides is 1. The quantitative estimate of drug-likeness (QED) is 0.757. The third-order valence-electron chi connectivity index (χ3n) is 4.62. The van der Waals surface area contributed by atoms with Gasteiger partial charge in [0.05, 0.1) is 5.41 Å². The smallest absolute Gasteiger partial charge is 0.227 e. The van der Waals surface area contributed by atoms with Crippen molar-refractivity contribution < 1.29 is 9.53 Å². The van der Waals surface area contributed by atoms with Gasteiger partial charge in [0.1, 0.15) is 0 Å². The second-order valence-corrected chi connectivity index (χ2v) is 6.18. The molecule has 2 fully saturated rings. The Balaban J connectivity index is 0.00000200. The van der Waals surface area contributed by atoms with Gasteiger partial charge in [-0.2, -0.15) is 0 Å². The average Bonchev–Trinajstić information content (AvgIpc) is 3.23. The third kappa shape index (κ3) is 5.25. The predicted molar refractivity (Wildman–Crippen MR) is 89.2 cm³/mol. The highest BCUT2D eigenvalue weighted by molar-refractivity contribution is 5.85. The second-order valence-electron chi connectivity index (χ2n) is 6.18. The van der Waals surface area contributed by atoms with Crippen LogP contribution in [0.5, 0.6) is 0 Å². The number of nitrogens with two attached hydrogens (primary N) is 1. The maximum Gasteiger partial charge on any atom is 0.227 e. The number of nitrogens with one attached hydrogen (secondary N) is 1. The third-order valence-corrected chi connectivity index (χ3v) is 4.62. The number of hydrogen-bond acceptors (Lipinski definition) is 4. The molecule has 126 valence electrons. The van der Waals surface area contributed by atoms with Crippen LogP contribution in [-0.4, -0.2) is 57.2 Å². The van der Waals surface area contributed by atoms with Gasteiger partial charge in [0, 0.05) is 32.3 Å². The molecule has 3 N–H and O–H groups in total. The van der Waals surface area contributed by atoms with Crippen LogP contribution in [-0.2, 0) is 9.53 Å². The summed E-state index contributed by atoms with van der Waals surface area (Å²) in [7, 11) is 4.17. The zero-order valence-corrected chi connectivity index (χ0v) is 14.6. The zero-order chi connectivity index (χ0) is 13.9. The highest BCUT2D eigenvalue weighted by Crippen LogP contribution is 2.35. The molecule has 21 heavy (non-hydrogen) atoms. The Labute approximate surface area is 140 Å². The topological polar surface area (TPSA) is 67.6 Å². The fourth-order valence-electron chi connectivity index (χ4n) is 2.92. The average molecular weight is 342 g/mol. The summed E-state index contributed by atoms with van der Waals surface area (Å²) in [6.07, 6.45) is 4.06. The molecule has 1 atom stereocenters. The first kappa shape index (κ1) is 20.9. The van der Waals surface area contributed by atoms with E-state index in [1.54, 1.807) is 0 Å². The Kier molecular flexibility index (Phi) is 9.12. The van der Waals surface area contributed by atoms with E-state index in [2.05, 4.69) is 24.3 Å². The van der Waals surface area contributed by atoms with Crippen LogP contribution >= 0.6 is 24.8 Å². The van der Waals surface area contributed by atoms with E-state index in [-0.39, 0.29) is 30.7 Å². The summed E-state index contributed by atoms with van der Waals surface area (Å²) < 4.78 is 5.35. The van der Waals surface area contributed by atoms with Gasteiger partial charge in [-0.15, -0.1) is 24.8 Å². The Hall–Kier alpha value is -0.0700. The van der Waals surface area contributed by atoms with Gasteiger partial charge in [-0.1, -0.05) is 0 Å². The number of nitrogens with zero attached hydrogens (tertiary/aromatic N) is 1. The van der Waals surface area contributed by atoms with E-state index >= 15 is 0 Å². The minimum atomic E-state index is -0.404. The second kappa shape index (κ2) is 9.16. The summed E-state index contributed by atoms with van der Waals surface area (Å²) in [5.41, 5.74) is 5.45. The van der Waals surface area contributed by atoms with E-state index in [1.165, 1.54) is 12.8 Å². The van der Waals surface area contributed by atoms with Crippen molar-refractivity contribution in [1.82, 2.24) is 10.2 Å². The Morgan fingerprint density at radius 1 is 1.33 bits per heavy atom. The molecule has 1 heterocycles. The van der Waals surface area contributed by atoms with Crippen molar-refractivity contribution >= 4 is 30.7 Å². The van der Waals surface area contributed by atoms with E-state index in [4.69, 9.17) is 10.5 Å². The molecular formula is C14H29Cl2N3O2. The molecule has 0 bridgehead atoms. The highest BCUT2D eigenvalue weighted by Gasteiger charge is 2.40. The van der Waals surface area contributed by atoms with Gasteiger partial charge in [0.2, 0.25) is 5.91 Å². The minimum absolute atomic E-state index is 0. The van der Waals surface area contributed by atoms with E-state index in [1.807, 2.05) is 0 Å². The summed E-state index contributed by atoms with van der Waals surface area (Å²) in [6.45, 7) is 2.44. The number of halogens is 2. The predicted octanol–water partition coefficient (Wildman–Crippen LogP) is 1.04. The van der Waals surface area contributed by atoms with Crippen molar-refractivity contribution in [3.63, 3.8) is 0 Å². The molecule has 1 aliphatic heterocycles. The molecule has 7 heteroatoms. The molecule has 1 amide bonds. The number of carbonyl (C=O) groups is 1. The van der Waals surface area contributed by atoms with E-state index < -0.39 is 5.41 Å². The Morgan fingerprint density at radius 3 is 2.33 bits per heavy atom. The molecule has 1 unspecified atom stereocenters. The summed E-state index contributed by atoms with van der Waals surface area (Å²) in [5.74, 6) is 0.865. The minimum Gasteiger partial charge on any atom is -0.381 e. The van der Waals surface area contributed by atoms with E-state index in [9.17, 15) is 4.79 Å². The molecule has 1 saturated carbocycles. The van der Waals surface area contributed by atoms with Crippen molar-refractivity contribution in [2.45, 2.75) is 31.7 Å². The van der Waals surface area contributed by atoms with Gasteiger partial charge >= 0.3 is 0 Å². The van der Waals surface area contributed by atoms with Crippen molar-refractivity contribution in [3.8, 4) is 0 Å². The molecule has 0 spiro atoms. The molecule has 0 aromatic heterocycles. The Bertz CT molecular complexity index is 317. The summed E-state index contributed by atoms with van der Waals surface area (Å²) >= 11 is 0. The fourth-order valence-corrected chi connectivity index (χ4v) is 2.92. The molecule has 2 aliphatic rings. The number of rotatable bonds is 6. The van der Waals surface area contributed by atoms with Crippen LogP contribution in [0.4, 0.5) is 0 Å². The fraction of sp³-hybridized carbons (Fsp3) is 0.929. The van der Waals surface area contributed by atoms with Crippen LogP contribution in [0.15, 0.2) is 0 Å². The lowest BCUT2D eigenvalue weighted by molar-refractivity contribution is -0.136. The number of hydrogen-bond donors (Lipinski definition) is 2. The monoisotopic (exact) mass is 341 g/mol. The largest absolute Gasteiger partial charge is 0.381 e. The first-order valence-corrected chi connectivity index (χ1v) is 7.31. The number of likely N-dealkylation sites (N-methyl/N-ethyl adjacent to an activating group) is 1. The normalized spacial score (nSPS) is 21.9. The molecule has 1 aliphatic carbocycles. The molecule has 5 nitrogen and oxygen atoms in total. The lowest BCUT2D eigenvalue weighted by Crippen LogP contribution is -2.52. The molecule has 0 aromatic rings. The van der Waals surface area contributed by atoms with Crippen LogP contribution in [0.2, 0.25) is 0 Å². The van der Waals surface area contributed by atoms with Gasteiger partial charge in [-0.05, 0) is 45.7 Å². The van der Waals surface area contributed by atoms with Crippen molar-refractivity contribution in [2.24, 2.45) is 17.1 Å². The van der Waals surface area contributed by atoms with Crippen LogP contribution in [0.3, 0.4) is 0 Å². The zero-order valence-electron chi connectivity index (χ0n) is 13.0. The number of carbonyl (C=O) groups excluding carboxylic acids is 1.